The van der Waals surface area contributed by atoms with Crippen LogP contribution in [0.4, 0.5) is 0 Å². The zero-order valence-electron chi connectivity index (χ0n) is 11.3. The average Bonchev–Trinajstić information content (AvgIpc) is 3.12. The fraction of sp³-hybridized carbons (Fsp3) is 0.571. The Balaban J connectivity index is 2.01. The van der Waals surface area contributed by atoms with Crippen molar-refractivity contribution in [2.24, 2.45) is 5.41 Å². The molecule has 1 aliphatic rings. The summed E-state index contributed by atoms with van der Waals surface area (Å²) in [7, 11) is 0. The van der Waals surface area contributed by atoms with E-state index in [0.29, 0.717) is 18.2 Å². The van der Waals surface area contributed by atoms with E-state index >= 15 is 0 Å². The smallest absolute Gasteiger partial charge is 0.311 e. The fourth-order valence-corrected chi connectivity index (χ4v) is 1.98. The fourth-order valence-electron chi connectivity index (χ4n) is 1.98. The van der Waals surface area contributed by atoms with E-state index in [4.69, 9.17) is 0 Å². The molecule has 5 nitrogen and oxygen atoms in total. The van der Waals surface area contributed by atoms with Crippen molar-refractivity contribution in [1.82, 2.24) is 9.88 Å². The lowest BCUT2D eigenvalue weighted by molar-refractivity contribution is -0.147. The van der Waals surface area contributed by atoms with Crippen molar-refractivity contribution >= 4 is 11.9 Å². The minimum absolute atomic E-state index is 0.146. The van der Waals surface area contributed by atoms with Crippen molar-refractivity contribution in [2.75, 3.05) is 6.54 Å². The molecular formula is C14H20N2O3. The monoisotopic (exact) mass is 264 g/mol. The lowest BCUT2D eigenvalue weighted by Gasteiger charge is -2.23. The van der Waals surface area contributed by atoms with Crippen LogP contribution < -0.4 is 5.32 Å². The van der Waals surface area contributed by atoms with Crippen LogP contribution in [0.25, 0.3) is 0 Å². The quantitative estimate of drug-likeness (QED) is 0.826. The molecule has 1 aromatic heterocycles. The first-order valence-corrected chi connectivity index (χ1v) is 6.66. The second kappa shape index (κ2) is 5.07. The third-order valence-corrected chi connectivity index (χ3v) is 3.89. The Morgan fingerprint density at radius 2 is 2.21 bits per heavy atom. The number of hydrogen-bond donors (Lipinski definition) is 2. The van der Waals surface area contributed by atoms with Crippen LogP contribution in [0, 0.1) is 5.41 Å². The minimum Gasteiger partial charge on any atom is -0.481 e. The lowest BCUT2D eigenvalue weighted by Crippen LogP contribution is -2.41. The maximum atomic E-state index is 12.1. The van der Waals surface area contributed by atoms with Crippen LogP contribution in [0.5, 0.6) is 0 Å². The Kier molecular flexibility index (Phi) is 3.64. The molecule has 0 spiro atoms. The van der Waals surface area contributed by atoms with Crippen molar-refractivity contribution in [3.8, 4) is 0 Å². The average molecular weight is 264 g/mol. The summed E-state index contributed by atoms with van der Waals surface area (Å²) in [5.41, 5.74) is -0.293. The molecule has 2 rings (SSSR count). The summed E-state index contributed by atoms with van der Waals surface area (Å²) in [5, 5.41) is 11.9. The van der Waals surface area contributed by atoms with Gasteiger partial charge in [-0.05, 0) is 38.3 Å². The van der Waals surface area contributed by atoms with Crippen LogP contribution in [0.2, 0.25) is 0 Å². The number of hydrogen-bond acceptors (Lipinski definition) is 2. The maximum Gasteiger partial charge on any atom is 0.311 e. The molecular weight excluding hydrogens is 244 g/mol. The predicted octanol–water partition coefficient (Wildman–Crippen LogP) is 2.05. The van der Waals surface area contributed by atoms with Gasteiger partial charge in [0.05, 0.1) is 5.41 Å². The number of carboxylic acid groups (broad SMARTS) is 1. The van der Waals surface area contributed by atoms with E-state index in [1.54, 1.807) is 13.0 Å². The van der Waals surface area contributed by atoms with Crippen molar-refractivity contribution < 1.29 is 14.7 Å². The first-order chi connectivity index (χ1) is 8.98. The molecule has 0 aromatic carbocycles. The number of rotatable bonds is 6. The summed E-state index contributed by atoms with van der Waals surface area (Å²) in [6.07, 6.45) is 4.60. The van der Waals surface area contributed by atoms with E-state index in [1.165, 1.54) is 0 Å². The number of amides is 1. The molecule has 1 unspecified atom stereocenters. The molecule has 1 amide bonds. The van der Waals surface area contributed by atoms with Gasteiger partial charge in [0.15, 0.2) is 0 Å². The Morgan fingerprint density at radius 1 is 1.53 bits per heavy atom. The summed E-state index contributed by atoms with van der Waals surface area (Å²) >= 11 is 0. The molecule has 0 aliphatic heterocycles. The van der Waals surface area contributed by atoms with Gasteiger partial charge in [0.1, 0.15) is 5.69 Å². The summed E-state index contributed by atoms with van der Waals surface area (Å²) < 4.78 is 1.97. The van der Waals surface area contributed by atoms with Crippen molar-refractivity contribution in [2.45, 2.75) is 39.2 Å². The highest BCUT2D eigenvalue weighted by Crippen LogP contribution is 2.36. The van der Waals surface area contributed by atoms with Gasteiger partial charge in [-0.15, -0.1) is 0 Å². The number of nitrogens with zero attached hydrogens (tertiary/aromatic N) is 1. The van der Waals surface area contributed by atoms with Crippen LogP contribution in [0.1, 0.15) is 49.6 Å². The van der Waals surface area contributed by atoms with E-state index in [0.717, 1.165) is 12.8 Å². The number of carboxylic acids is 1. The normalized spacial score (nSPS) is 17.8. The van der Waals surface area contributed by atoms with Gasteiger partial charge < -0.3 is 15.0 Å². The van der Waals surface area contributed by atoms with Gasteiger partial charge in [-0.2, -0.15) is 0 Å². The molecule has 5 heteroatoms. The van der Waals surface area contributed by atoms with Crippen LogP contribution >= 0.6 is 0 Å². The van der Waals surface area contributed by atoms with Crippen LogP contribution in [-0.4, -0.2) is 28.1 Å². The molecule has 1 atom stereocenters. The molecule has 0 saturated heterocycles. The zero-order valence-corrected chi connectivity index (χ0v) is 11.3. The first-order valence-electron chi connectivity index (χ1n) is 6.66. The van der Waals surface area contributed by atoms with Gasteiger partial charge in [0.25, 0.3) is 5.91 Å². The topological polar surface area (TPSA) is 71.3 Å². The Bertz CT molecular complexity index is 491. The van der Waals surface area contributed by atoms with Gasteiger partial charge >= 0.3 is 5.97 Å². The highest BCUT2D eigenvalue weighted by atomic mass is 16.4. The molecule has 1 fully saturated rings. The standard InChI is InChI=1S/C14H20N2O3/c1-3-14(2,13(18)19)9-15-12(17)11-5-4-8-16(11)10-6-7-10/h4-5,8,10H,3,6-7,9H2,1-2H3,(H,15,17)(H,18,19). The van der Waals surface area contributed by atoms with Gasteiger partial charge in [0, 0.05) is 18.8 Å². The van der Waals surface area contributed by atoms with Gasteiger partial charge in [0.2, 0.25) is 0 Å². The summed E-state index contributed by atoms with van der Waals surface area (Å²) in [6.45, 7) is 3.61. The number of nitrogens with one attached hydrogen (secondary N) is 1. The van der Waals surface area contributed by atoms with Crippen LogP contribution in [-0.2, 0) is 4.79 Å². The van der Waals surface area contributed by atoms with E-state index in [2.05, 4.69) is 5.32 Å². The van der Waals surface area contributed by atoms with Crippen LogP contribution in [0.15, 0.2) is 18.3 Å². The van der Waals surface area contributed by atoms with Crippen molar-refractivity contribution in [1.29, 1.82) is 0 Å². The molecule has 2 N–H and O–H groups in total. The Hall–Kier alpha value is -1.78. The first kappa shape index (κ1) is 13.6. The van der Waals surface area contributed by atoms with Gasteiger partial charge in [-0.3, -0.25) is 9.59 Å². The highest BCUT2D eigenvalue weighted by molar-refractivity contribution is 5.93. The Labute approximate surface area is 112 Å². The zero-order chi connectivity index (χ0) is 14.0. The van der Waals surface area contributed by atoms with E-state index in [1.807, 2.05) is 23.8 Å². The summed E-state index contributed by atoms with van der Waals surface area (Å²) in [5.74, 6) is -1.08. The molecule has 1 saturated carbocycles. The number of carbonyl (C=O) groups excluding carboxylic acids is 1. The summed E-state index contributed by atoms with van der Waals surface area (Å²) in [4.78, 5) is 23.3. The highest BCUT2D eigenvalue weighted by Gasteiger charge is 2.32. The van der Waals surface area contributed by atoms with E-state index in [-0.39, 0.29) is 12.5 Å². The Morgan fingerprint density at radius 3 is 2.74 bits per heavy atom. The number of aromatic nitrogens is 1. The number of aliphatic carboxylic acids is 1. The molecule has 104 valence electrons. The van der Waals surface area contributed by atoms with E-state index < -0.39 is 11.4 Å². The molecule has 1 heterocycles. The van der Waals surface area contributed by atoms with E-state index in [9.17, 15) is 14.7 Å². The molecule has 0 radical (unpaired) electrons. The maximum absolute atomic E-state index is 12.1. The van der Waals surface area contributed by atoms with Crippen molar-refractivity contribution in [3.05, 3.63) is 24.0 Å². The van der Waals surface area contributed by atoms with Gasteiger partial charge in [-0.1, -0.05) is 6.92 Å². The molecule has 0 bridgehead atoms. The summed E-state index contributed by atoms with van der Waals surface area (Å²) in [6, 6.07) is 4.06. The third kappa shape index (κ3) is 2.80. The largest absolute Gasteiger partial charge is 0.481 e. The second-order valence-electron chi connectivity index (χ2n) is 5.43. The second-order valence-corrected chi connectivity index (χ2v) is 5.43. The molecule has 1 aliphatic carbocycles. The molecule has 1 aromatic rings. The van der Waals surface area contributed by atoms with Crippen LogP contribution in [0.3, 0.4) is 0 Å². The van der Waals surface area contributed by atoms with Gasteiger partial charge in [-0.25, -0.2) is 0 Å². The third-order valence-electron chi connectivity index (χ3n) is 3.89. The molecule has 19 heavy (non-hydrogen) atoms. The SMILES string of the molecule is CCC(C)(CNC(=O)c1cccn1C1CC1)C(=O)O. The van der Waals surface area contributed by atoms with Crippen molar-refractivity contribution in [3.63, 3.8) is 0 Å². The predicted molar refractivity (Wildman–Crippen MR) is 71.1 cm³/mol. The number of carbonyl (C=O) groups is 2. The lowest BCUT2D eigenvalue weighted by atomic mass is 9.88. The minimum atomic E-state index is -0.910.